The minimum Gasteiger partial charge on any atom is -0.551 e. The number of fused-ring (bicyclic) bond motifs is 7. The van der Waals surface area contributed by atoms with Crippen LogP contribution in [0.25, 0.3) is 72.0 Å². The third-order valence-electron chi connectivity index (χ3n) is 10.7. The van der Waals surface area contributed by atoms with Crippen LogP contribution in [0, 0.1) is 0 Å². The van der Waals surface area contributed by atoms with E-state index < -0.39 is 0 Å². The maximum absolute atomic E-state index is 6.96. The van der Waals surface area contributed by atoms with Gasteiger partial charge in [0.05, 0.1) is 11.0 Å². The van der Waals surface area contributed by atoms with Gasteiger partial charge in [0.25, 0.3) is 0 Å². The summed E-state index contributed by atoms with van der Waals surface area (Å²) in [4.78, 5) is 0. The van der Waals surface area contributed by atoms with Gasteiger partial charge >= 0.3 is 6.92 Å². The minimum atomic E-state index is -0.272. The highest BCUT2D eigenvalue weighted by Gasteiger charge is 2.41. The highest BCUT2D eigenvalue weighted by Crippen LogP contribution is 2.44. The maximum atomic E-state index is 6.96. The first kappa shape index (κ1) is 29.0. The topological polar surface area (TPSA) is 23.4 Å². The van der Waals surface area contributed by atoms with E-state index in [4.69, 9.17) is 9.39 Å². The number of nitrogens with zero attached hydrogens (tertiary/aromatic N) is 1. The molecule has 3 heterocycles. The highest BCUT2D eigenvalue weighted by molar-refractivity contribution is 6.84. The molecule has 0 spiro atoms. The molecule has 0 radical (unpaired) electrons. The van der Waals surface area contributed by atoms with E-state index in [9.17, 15) is 0 Å². The SMILES string of the molecule is c1ccc(-c2cccc(-c3ccc4c(c3)OB3c5ccccc5Oc5cc(-c6cccc(-n7c8ccccc8c8ccccc87)c6)cc-4c53)c2)cc1. The van der Waals surface area contributed by atoms with Crippen molar-refractivity contribution in [1.29, 1.82) is 0 Å². The number of aromatic nitrogens is 1. The third kappa shape index (κ3) is 4.48. The van der Waals surface area contributed by atoms with E-state index in [1.165, 1.54) is 32.9 Å². The van der Waals surface area contributed by atoms with Gasteiger partial charge in [-0.1, -0.05) is 127 Å². The van der Waals surface area contributed by atoms with Crippen molar-refractivity contribution >= 4 is 39.6 Å². The quantitative estimate of drug-likeness (QED) is 0.175. The molecule has 0 unspecified atom stereocenters. The van der Waals surface area contributed by atoms with Crippen LogP contribution in [-0.4, -0.2) is 11.5 Å². The molecule has 0 N–H and O–H groups in total. The summed E-state index contributed by atoms with van der Waals surface area (Å²) in [7, 11) is 0. The van der Waals surface area contributed by atoms with Crippen molar-refractivity contribution in [2.24, 2.45) is 0 Å². The van der Waals surface area contributed by atoms with Gasteiger partial charge in [0.1, 0.15) is 17.2 Å². The Bertz CT molecular complexity index is 2820. The Morgan fingerprint density at radius 3 is 1.81 bits per heavy atom. The Hall–Kier alpha value is -6.78. The molecule has 9 aromatic rings. The summed E-state index contributed by atoms with van der Waals surface area (Å²) in [5, 5.41) is 2.50. The Morgan fingerprint density at radius 2 is 1.00 bits per heavy atom. The minimum absolute atomic E-state index is 0.272. The second-order valence-corrected chi connectivity index (χ2v) is 13.7. The van der Waals surface area contributed by atoms with Crippen LogP contribution in [0.3, 0.4) is 0 Å². The summed E-state index contributed by atoms with van der Waals surface area (Å²) in [6, 6.07) is 64.8. The number of ether oxygens (including phenoxy) is 1. The van der Waals surface area contributed by atoms with Crippen LogP contribution < -0.4 is 20.3 Å². The Morgan fingerprint density at radius 1 is 0.385 bits per heavy atom. The Balaban J connectivity index is 1.07. The van der Waals surface area contributed by atoms with Crippen LogP contribution in [-0.2, 0) is 0 Å². The zero-order chi connectivity index (χ0) is 34.2. The van der Waals surface area contributed by atoms with Crippen molar-refractivity contribution in [3.63, 3.8) is 0 Å². The van der Waals surface area contributed by atoms with Gasteiger partial charge in [0.2, 0.25) is 0 Å². The molecule has 0 bridgehead atoms. The zero-order valence-electron chi connectivity index (χ0n) is 28.2. The van der Waals surface area contributed by atoms with Gasteiger partial charge in [0.15, 0.2) is 0 Å². The number of benzene rings is 8. The zero-order valence-corrected chi connectivity index (χ0v) is 28.2. The van der Waals surface area contributed by atoms with Crippen molar-refractivity contribution in [2.75, 3.05) is 0 Å². The van der Waals surface area contributed by atoms with E-state index in [1.54, 1.807) is 0 Å². The highest BCUT2D eigenvalue weighted by atomic mass is 16.5. The molecular formula is C48H30BNO2. The predicted octanol–water partition coefficient (Wildman–Crippen LogP) is 11.1. The number of hydrogen-bond acceptors (Lipinski definition) is 2. The first-order valence-corrected chi connectivity index (χ1v) is 17.8. The van der Waals surface area contributed by atoms with Crippen LogP contribution in [0.2, 0.25) is 0 Å². The summed E-state index contributed by atoms with van der Waals surface area (Å²) in [6.45, 7) is -0.272. The van der Waals surface area contributed by atoms with Gasteiger partial charge < -0.3 is 14.0 Å². The van der Waals surface area contributed by atoms with E-state index in [0.717, 1.165) is 67.2 Å². The first-order chi connectivity index (χ1) is 25.8. The van der Waals surface area contributed by atoms with E-state index in [0.29, 0.717) is 0 Å². The van der Waals surface area contributed by atoms with Crippen molar-refractivity contribution < 1.29 is 9.39 Å². The van der Waals surface area contributed by atoms with E-state index in [2.05, 4.69) is 174 Å². The monoisotopic (exact) mass is 663 g/mol. The third-order valence-corrected chi connectivity index (χ3v) is 10.7. The van der Waals surface area contributed by atoms with Crippen molar-refractivity contribution in [3.8, 4) is 67.4 Å². The smallest absolute Gasteiger partial charge is 0.434 e. The van der Waals surface area contributed by atoms with E-state index in [1.807, 2.05) is 12.1 Å². The number of hydrogen-bond donors (Lipinski definition) is 0. The molecule has 2 aliphatic rings. The summed E-state index contributed by atoms with van der Waals surface area (Å²) in [6.07, 6.45) is 0. The Labute approximate surface area is 302 Å². The molecule has 11 rings (SSSR count). The van der Waals surface area contributed by atoms with Gasteiger partial charge in [-0.15, -0.1) is 0 Å². The van der Waals surface area contributed by atoms with Crippen LogP contribution in [0.15, 0.2) is 182 Å². The molecule has 0 atom stereocenters. The number of para-hydroxylation sites is 3. The van der Waals surface area contributed by atoms with E-state index in [-0.39, 0.29) is 6.92 Å². The molecule has 0 aliphatic carbocycles. The summed E-state index contributed by atoms with van der Waals surface area (Å²) >= 11 is 0. The average molecular weight is 664 g/mol. The lowest BCUT2D eigenvalue weighted by atomic mass is 9.50. The summed E-state index contributed by atoms with van der Waals surface area (Å²) in [5.74, 6) is 2.54. The molecule has 0 fully saturated rings. The maximum Gasteiger partial charge on any atom is 0.434 e. The number of rotatable bonds is 4. The molecule has 0 saturated heterocycles. The fraction of sp³-hybridized carbons (Fsp3) is 0. The largest absolute Gasteiger partial charge is 0.551 e. The molecule has 52 heavy (non-hydrogen) atoms. The van der Waals surface area contributed by atoms with Crippen molar-refractivity contribution in [1.82, 2.24) is 4.57 Å². The fourth-order valence-corrected chi connectivity index (χ4v) is 8.24. The average Bonchev–Trinajstić information content (AvgIpc) is 3.55. The second kappa shape index (κ2) is 11.4. The molecule has 242 valence electrons. The standard InChI is InChI=1S/C48H30BNO2/c1-2-12-31(13-3-1)32-14-10-15-33(26-32)35-24-25-40-41-28-36(30-47-48(41)49(52-46(40)29-35)42-20-6-9-23-45(42)51-47)34-16-11-17-37(27-34)50-43-21-7-4-18-38(43)39-19-5-8-22-44(39)50/h1-30H. The van der Waals surface area contributed by atoms with Crippen LogP contribution in [0.5, 0.6) is 17.2 Å². The fourth-order valence-electron chi connectivity index (χ4n) is 8.24. The molecule has 1 aromatic heterocycles. The van der Waals surface area contributed by atoms with Crippen LogP contribution in [0.4, 0.5) is 0 Å². The van der Waals surface area contributed by atoms with Crippen LogP contribution >= 0.6 is 0 Å². The lowest BCUT2D eigenvalue weighted by molar-refractivity contribution is 0.479. The van der Waals surface area contributed by atoms with E-state index >= 15 is 0 Å². The lowest BCUT2D eigenvalue weighted by Gasteiger charge is -2.33. The second-order valence-electron chi connectivity index (χ2n) is 13.7. The van der Waals surface area contributed by atoms with Crippen molar-refractivity contribution in [3.05, 3.63) is 182 Å². The van der Waals surface area contributed by atoms with Crippen LogP contribution in [0.1, 0.15) is 0 Å². The lowest BCUT2D eigenvalue weighted by Crippen LogP contribution is -2.53. The molecular weight excluding hydrogens is 633 g/mol. The van der Waals surface area contributed by atoms with Crippen molar-refractivity contribution in [2.45, 2.75) is 0 Å². The predicted molar refractivity (Wildman–Crippen MR) is 215 cm³/mol. The molecule has 8 aromatic carbocycles. The summed E-state index contributed by atoms with van der Waals surface area (Å²) in [5.41, 5.74) is 14.7. The molecule has 2 aliphatic heterocycles. The first-order valence-electron chi connectivity index (χ1n) is 17.8. The normalized spacial score (nSPS) is 12.5. The van der Waals surface area contributed by atoms with Gasteiger partial charge in [-0.3, -0.25) is 0 Å². The van der Waals surface area contributed by atoms with Gasteiger partial charge in [-0.2, -0.15) is 0 Å². The van der Waals surface area contributed by atoms with Gasteiger partial charge in [-0.05, 0) is 93.5 Å². The van der Waals surface area contributed by atoms with Gasteiger partial charge in [0, 0.05) is 32.9 Å². The molecule has 0 amide bonds. The molecule has 3 nitrogen and oxygen atoms in total. The Kier molecular flexibility index (Phi) is 6.35. The summed E-state index contributed by atoms with van der Waals surface area (Å²) < 4.78 is 16.0. The molecule has 0 saturated carbocycles. The molecule has 4 heteroatoms. The van der Waals surface area contributed by atoms with Gasteiger partial charge in [-0.25, -0.2) is 0 Å².